The van der Waals surface area contributed by atoms with Gasteiger partial charge in [0.25, 0.3) is 0 Å². The highest BCUT2D eigenvalue weighted by Gasteiger charge is 2.28. The minimum absolute atomic E-state index is 0.214. The SMILES string of the molecule is CC(C(C=Nc1ccccc1F)=NN)n1cc(C2COC2)c2c(Cl)ncnc21. The third-order valence-corrected chi connectivity index (χ3v) is 5.14. The molecule has 7 nitrogen and oxygen atoms in total. The first-order valence-electron chi connectivity index (χ1n) is 8.75. The summed E-state index contributed by atoms with van der Waals surface area (Å²) >= 11 is 6.35. The van der Waals surface area contributed by atoms with Crippen molar-refractivity contribution in [2.24, 2.45) is 15.9 Å². The molecule has 1 aliphatic rings. The second kappa shape index (κ2) is 7.65. The van der Waals surface area contributed by atoms with Crippen LogP contribution in [0.3, 0.4) is 0 Å². The van der Waals surface area contributed by atoms with Gasteiger partial charge in [-0.05, 0) is 24.6 Å². The second-order valence-electron chi connectivity index (χ2n) is 6.53. The molecule has 0 radical (unpaired) electrons. The van der Waals surface area contributed by atoms with E-state index in [0.717, 1.165) is 10.9 Å². The van der Waals surface area contributed by atoms with E-state index in [2.05, 4.69) is 20.1 Å². The molecule has 1 fully saturated rings. The van der Waals surface area contributed by atoms with E-state index in [4.69, 9.17) is 22.2 Å². The summed E-state index contributed by atoms with van der Waals surface area (Å²) in [5.41, 5.74) is 2.38. The lowest BCUT2D eigenvalue weighted by Gasteiger charge is -2.25. The van der Waals surface area contributed by atoms with Crippen LogP contribution in [0.5, 0.6) is 0 Å². The fourth-order valence-corrected chi connectivity index (χ4v) is 3.42. The number of rotatable bonds is 5. The first-order chi connectivity index (χ1) is 13.6. The molecule has 0 amide bonds. The van der Waals surface area contributed by atoms with Gasteiger partial charge in [-0.3, -0.25) is 4.99 Å². The van der Waals surface area contributed by atoms with E-state index in [1.54, 1.807) is 18.2 Å². The van der Waals surface area contributed by atoms with Crippen molar-refractivity contribution < 1.29 is 9.13 Å². The van der Waals surface area contributed by atoms with Gasteiger partial charge in [-0.15, -0.1) is 0 Å². The molecule has 0 bridgehead atoms. The van der Waals surface area contributed by atoms with Gasteiger partial charge in [0, 0.05) is 12.1 Å². The summed E-state index contributed by atoms with van der Waals surface area (Å²) in [6.07, 6.45) is 4.86. The van der Waals surface area contributed by atoms with Crippen molar-refractivity contribution in [2.75, 3.05) is 13.2 Å². The van der Waals surface area contributed by atoms with Gasteiger partial charge in [-0.1, -0.05) is 23.7 Å². The molecular formula is C19H18ClFN6O. The van der Waals surface area contributed by atoms with E-state index in [1.165, 1.54) is 18.6 Å². The van der Waals surface area contributed by atoms with Crippen molar-refractivity contribution in [1.29, 1.82) is 0 Å². The van der Waals surface area contributed by atoms with Gasteiger partial charge in [-0.2, -0.15) is 5.10 Å². The summed E-state index contributed by atoms with van der Waals surface area (Å²) in [6.45, 7) is 3.17. The molecule has 3 heterocycles. The van der Waals surface area contributed by atoms with Crippen molar-refractivity contribution in [1.82, 2.24) is 14.5 Å². The maximum Gasteiger partial charge on any atom is 0.148 e. The molecule has 1 aliphatic heterocycles. The molecule has 2 N–H and O–H groups in total. The van der Waals surface area contributed by atoms with Crippen molar-refractivity contribution in [3.8, 4) is 0 Å². The van der Waals surface area contributed by atoms with E-state index in [9.17, 15) is 4.39 Å². The maximum absolute atomic E-state index is 13.8. The van der Waals surface area contributed by atoms with E-state index in [-0.39, 0.29) is 17.6 Å². The Balaban J connectivity index is 1.72. The Hall–Kier alpha value is -2.84. The quantitative estimate of drug-likeness (QED) is 0.306. The zero-order valence-electron chi connectivity index (χ0n) is 15.1. The number of aromatic nitrogens is 3. The number of hydrogen-bond acceptors (Lipinski definition) is 6. The first-order valence-corrected chi connectivity index (χ1v) is 9.13. The van der Waals surface area contributed by atoms with Gasteiger partial charge in [0.2, 0.25) is 0 Å². The van der Waals surface area contributed by atoms with Gasteiger partial charge < -0.3 is 15.1 Å². The van der Waals surface area contributed by atoms with E-state index in [0.29, 0.717) is 29.7 Å². The number of halogens is 2. The predicted octanol–water partition coefficient (Wildman–Crippen LogP) is 3.62. The van der Waals surface area contributed by atoms with Crippen LogP contribution in [0.25, 0.3) is 11.0 Å². The summed E-state index contributed by atoms with van der Waals surface area (Å²) in [6, 6.07) is 5.95. The molecule has 0 saturated carbocycles. The summed E-state index contributed by atoms with van der Waals surface area (Å²) < 4.78 is 21.1. The monoisotopic (exact) mass is 400 g/mol. The Morgan fingerprint density at radius 2 is 2.18 bits per heavy atom. The van der Waals surface area contributed by atoms with Crippen LogP contribution in [0, 0.1) is 5.82 Å². The number of benzene rings is 1. The van der Waals surface area contributed by atoms with Gasteiger partial charge in [0.1, 0.15) is 28.7 Å². The summed E-state index contributed by atoms with van der Waals surface area (Å²) in [5, 5.41) is 5.04. The Morgan fingerprint density at radius 3 is 2.86 bits per heavy atom. The number of hydrogen-bond donors (Lipinski definition) is 1. The normalized spacial score (nSPS) is 16.6. The molecule has 144 valence electrons. The number of hydrazone groups is 1. The smallest absolute Gasteiger partial charge is 0.148 e. The minimum Gasteiger partial charge on any atom is -0.380 e. The van der Waals surface area contributed by atoms with Gasteiger partial charge in [0.05, 0.1) is 36.5 Å². The van der Waals surface area contributed by atoms with Crippen molar-refractivity contribution in [2.45, 2.75) is 18.9 Å². The molecule has 2 aromatic heterocycles. The van der Waals surface area contributed by atoms with Crippen LogP contribution >= 0.6 is 11.6 Å². The highest BCUT2D eigenvalue weighted by atomic mass is 35.5. The number of ether oxygens (including phenoxy) is 1. The first kappa shape index (κ1) is 18.5. The Labute approximate surface area is 165 Å². The van der Waals surface area contributed by atoms with E-state index >= 15 is 0 Å². The molecule has 3 aromatic rings. The van der Waals surface area contributed by atoms with Crippen LogP contribution in [0.4, 0.5) is 10.1 Å². The summed E-state index contributed by atoms with van der Waals surface area (Å²) in [5.74, 6) is 5.43. The third-order valence-electron chi connectivity index (χ3n) is 4.85. The zero-order valence-corrected chi connectivity index (χ0v) is 15.8. The Bertz CT molecular complexity index is 1080. The van der Waals surface area contributed by atoms with Crippen molar-refractivity contribution in [3.63, 3.8) is 0 Å². The van der Waals surface area contributed by atoms with E-state index in [1.807, 2.05) is 17.7 Å². The number of nitrogens with zero attached hydrogens (tertiary/aromatic N) is 5. The average molecular weight is 401 g/mol. The third kappa shape index (κ3) is 3.25. The predicted molar refractivity (Wildman–Crippen MR) is 107 cm³/mol. The largest absolute Gasteiger partial charge is 0.380 e. The van der Waals surface area contributed by atoms with E-state index < -0.39 is 5.82 Å². The van der Waals surface area contributed by atoms with Crippen LogP contribution in [-0.2, 0) is 4.74 Å². The van der Waals surface area contributed by atoms with Crippen LogP contribution in [-0.4, -0.2) is 39.7 Å². The molecule has 4 rings (SSSR count). The molecule has 9 heteroatoms. The minimum atomic E-state index is -0.416. The Kier molecular flexibility index (Phi) is 5.06. The lowest BCUT2D eigenvalue weighted by molar-refractivity contribution is 0.00892. The molecular weight excluding hydrogens is 383 g/mol. The highest BCUT2D eigenvalue weighted by molar-refractivity contribution is 6.34. The van der Waals surface area contributed by atoms with Crippen LogP contribution in [0.2, 0.25) is 5.15 Å². The Morgan fingerprint density at radius 1 is 1.39 bits per heavy atom. The molecule has 1 aromatic carbocycles. The number of aliphatic imine (C=N–C) groups is 1. The number of nitrogens with two attached hydrogens (primary N) is 1. The summed E-state index contributed by atoms with van der Waals surface area (Å²) in [7, 11) is 0. The molecule has 1 saturated heterocycles. The van der Waals surface area contributed by atoms with Gasteiger partial charge >= 0.3 is 0 Å². The average Bonchev–Trinajstić information content (AvgIpc) is 3.02. The highest BCUT2D eigenvalue weighted by Crippen LogP contribution is 2.35. The van der Waals surface area contributed by atoms with Crippen LogP contribution in [0.15, 0.2) is 46.9 Å². The zero-order chi connectivity index (χ0) is 19.7. The second-order valence-corrected chi connectivity index (χ2v) is 6.89. The molecule has 1 atom stereocenters. The molecule has 0 spiro atoms. The molecule has 1 unspecified atom stereocenters. The lowest BCUT2D eigenvalue weighted by Crippen LogP contribution is -2.25. The van der Waals surface area contributed by atoms with Crippen LogP contribution in [0.1, 0.15) is 24.4 Å². The number of para-hydroxylation sites is 1. The fourth-order valence-electron chi connectivity index (χ4n) is 3.18. The fraction of sp³-hybridized carbons (Fsp3) is 0.263. The lowest BCUT2D eigenvalue weighted by atomic mass is 9.98. The molecule has 0 aliphatic carbocycles. The number of fused-ring (bicyclic) bond motifs is 1. The van der Waals surface area contributed by atoms with Gasteiger partial charge in [-0.25, -0.2) is 14.4 Å². The summed E-state index contributed by atoms with van der Waals surface area (Å²) in [4.78, 5) is 12.7. The standard InChI is InChI=1S/C19H18ClFN6O/c1-11(16(26-22)6-23-15-5-3-2-4-14(15)21)27-7-13(12-8-28-9-12)17-18(20)24-10-25-19(17)27/h2-7,10-12H,8-9,22H2,1H3. The van der Waals surface area contributed by atoms with Crippen LogP contribution < -0.4 is 5.84 Å². The maximum atomic E-state index is 13.8. The van der Waals surface area contributed by atoms with Gasteiger partial charge in [0.15, 0.2) is 0 Å². The molecule has 28 heavy (non-hydrogen) atoms. The topological polar surface area (TPSA) is 90.7 Å². The van der Waals surface area contributed by atoms with Crippen molar-refractivity contribution in [3.05, 3.63) is 53.3 Å². The van der Waals surface area contributed by atoms with Crippen molar-refractivity contribution >= 4 is 40.2 Å².